The lowest BCUT2D eigenvalue weighted by atomic mass is 9.96. The highest BCUT2D eigenvalue weighted by atomic mass is 35.5. The van der Waals surface area contributed by atoms with Gasteiger partial charge in [0.2, 0.25) is 0 Å². The normalized spacial score (nSPS) is 12.4. The molecule has 1 atom stereocenters. The zero-order chi connectivity index (χ0) is 14.5. The Morgan fingerprint density at radius 2 is 1.85 bits per heavy atom. The molecule has 0 saturated carbocycles. The van der Waals surface area contributed by atoms with Crippen LogP contribution < -0.4 is 11.3 Å². The second kappa shape index (κ2) is 6.84. The average Bonchev–Trinajstić information content (AvgIpc) is 2.44. The van der Waals surface area contributed by atoms with E-state index in [9.17, 15) is 4.39 Å². The van der Waals surface area contributed by atoms with E-state index in [2.05, 4.69) is 24.5 Å². The lowest BCUT2D eigenvalue weighted by Gasteiger charge is -2.18. The first-order valence-corrected chi connectivity index (χ1v) is 6.92. The molecule has 2 rings (SSSR count). The number of hydrogen-bond donors (Lipinski definition) is 2. The van der Waals surface area contributed by atoms with Crippen molar-refractivity contribution in [1.82, 2.24) is 5.43 Å². The lowest BCUT2D eigenvalue weighted by Crippen LogP contribution is -2.38. The fraction of sp³-hybridized carbons (Fsp3) is 0.250. The summed E-state index contributed by atoms with van der Waals surface area (Å²) in [4.78, 5) is 0. The van der Waals surface area contributed by atoms with Crippen LogP contribution in [0.15, 0.2) is 42.5 Å². The van der Waals surface area contributed by atoms with Crippen LogP contribution in [0.25, 0.3) is 0 Å². The van der Waals surface area contributed by atoms with Crippen molar-refractivity contribution >= 4 is 11.6 Å². The molecule has 3 N–H and O–H groups in total. The maximum absolute atomic E-state index is 13.8. The van der Waals surface area contributed by atoms with E-state index >= 15 is 0 Å². The van der Waals surface area contributed by atoms with Crippen LogP contribution in [-0.4, -0.2) is 6.04 Å². The molecular weight excluding hydrogens is 275 g/mol. The third-order valence-electron chi connectivity index (χ3n) is 3.44. The summed E-state index contributed by atoms with van der Waals surface area (Å²) in [6, 6.07) is 12.7. The van der Waals surface area contributed by atoms with Gasteiger partial charge in [-0.3, -0.25) is 11.3 Å². The number of hydrazine groups is 1. The molecule has 2 nitrogen and oxygen atoms in total. The Kier molecular flexibility index (Phi) is 5.12. The maximum Gasteiger partial charge on any atom is 0.126 e. The number of halogens is 2. The number of nitrogens with two attached hydrogens (primary N) is 1. The predicted molar refractivity (Wildman–Crippen MR) is 81.1 cm³/mol. The summed E-state index contributed by atoms with van der Waals surface area (Å²) in [5.74, 6) is 5.35. The molecule has 4 heteroatoms. The summed E-state index contributed by atoms with van der Waals surface area (Å²) in [6.45, 7) is 2.06. The number of aryl methyl sites for hydroxylation is 1. The minimum absolute atomic E-state index is 0.0379. The van der Waals surface area contributed by atoms with Crippen LogP contribution in [-0.2, 0) is 12.8 Å². The Balaban J connectivity index is 2.13. The van der Waals surface area contributed by atoms with Gasteiger partial charge in [0.05, 0.1) is 0 Å². The van der Waals surface area contributed by atoms with E-state index in [0.717, 1.165) is 6.42 Å². The van der Waals surface area contributed by atoms with E-state index in [4.69, 9.17) is 17.4 Å². The van der Waals surface area contributed by atoms with E-state index in [0.29, 0.717) is 17.0 Å². The molecule has 20 heavy (non-hydrogen) atoms. The molecule has 0 fully saturated rings. The second-order valence-electron chi connectivity index (χ2n) is 4.93. The van der Waals surface area contributed by atoms with Gasteiger partial charge in [-0.2, -0.15) is 0 Å². The molecule has 0 aromatic heterocycles. The van der Waals surface area contributed by atoms with E-state index in [-0.39, 0.29) is 11.9 Å². The molecule has 0 aliphatic heterocycles. The molecule has 0 amide bonds. The van der Waals surface area contributed by atoms with Gasteiger partial charge in [-0.25, -0.2) is 4.39 Å². The van der Waals surface area contributed by atoms with Gasteiger partial charge in [-0.1, -0.05) is 35.9 Å². The van der Waals surface area contributed by atoms with Crippen molar-refractivity contribution in [2.24, 2.45) is 5.84 Å². The molecule has 2 aromatic carbocycles. The molecule has 0 bridgehead atoms. The van der Waals surface area contributed by atoms with Crippen molar-refractivity contribution in [2.75, 3.05) is 0 Å². The van der Waals surface area contributed by atoms with Crippen molar-refractivity contribution in [2.45, 2.75) is 25.8 Å². The van der Waals surface area contributed by atoms with Crippen LogP contribution in [0.3, 0.4) is 0 Å². The van der Waals surface area contributed by atoms with Crippen molar-refractivity contribution in [3.05, 3.63) is 70.0 Å². The number of nitrogens with one attached hydrogen (secondary N) is 1. The Morgan fingerprint density at radius 3 is 2.55 bits per heavy atom. The lowest BCUT2D eigenvalue weighted by molar-refractivity contribution is 0.506. The summed E-state index contributed by atoms with van der Waals surface area (Å²) in [6.07, 6.45) is 1.24. The maximum atomic E-state index is 13.8. The first-order chi connectivity index (χ1) is 9.60. The van der Waals surface area contributed by atoms with E-state index in [1.54, 1.807) is 12.1 Å². The van der Waals surface area contributed by atoms with Gasteiger partial charge < -0.3 is 0 Å². The molecule has 0 saturated heterocycles. The fourth-order valence-corrected chi connectivity index (χ4v) is 2.45. The average molecular weight is 293 g/mol. The van der Waals surface area contributed by atoms with Crippen molar-refractivity contribution < 1.29 is 4.39 Å². The monoisotopic (exact) mass is 292 g/mol. The Labute approximate surface area is 123 Å². The largest absolute Gasteiger partial charge is 0.271 e. The van der Waals surface area contributed by atoms with E-state index in [1.165, 1.54) is 17.2 Å². The molecule has 0 radical (unpaired) electrons. The van der Waals surface area contributed by atoms with Crippen LogP contribution in [0.2, 0.25) is 5.02 Å². The Bertz CT molecular complexity index is 586. The van der Waals surface area contributed by atoms with Gasteiger partial charge in [-0.05, 0) is 54.7 Å². The molecular formula is C16H18ClFN2. The Hall–Kier alpha value is -1.42. The van der Waals surface area contributed by atoms with Crippen LogP contribution in [0.5, 0.6) is 0 Å². The molecule has 0 heterocycles. The SMILES string of the molecule is Cc1ccccc1CC(Cc1cc(Cl)ccc1F)NN. The highest BCUT2D eigenvalue weighted by Crippen LogP contribution is 2.18. The number of rotatable bonds is 5. The van der Waals surface area contributed by atoms with Crippen molar-refractivity contribution in [1.29, 1.82) is 0 Å². The van der Waals surface area contributed by atoms with Crippen LogP contribution in [0, 0.1) is 12.7 Å². The topological polar surface area (TPSA) is 38.0 Å². The van der Waals surface area contributed by atoms with Gasteiger partial charge in [0, 0.05) is 11.1 Å². The molecule has 0 aliphatic carbocycles. The zero-order valence-electron chi connectivity index (χ0n) is 11.4. The molecule has 0 aliphatic rings. The van der Waals surface area contributed by atoms with Gasteiger partial charge in [-0.15, -0.1) is 0 Å². The van der Waals surface area contributed by atoms with E-state index < -0.39 is 0 Å². The van der Waals surface area contributed by atoms with Crippen LogP contribution in [0.4, 0.5) is 4.39 Å². The third kappa shape index (κ3) is 3.79. The first kappa shape index (κ1) is 15.0. The minimum atomic E-state index is -0.251. The smallest absolute Gasteiger partial charge is 0.126 e. The number of hydrogen-bond acceptors (Lipinski definition) is 2. The molecule has 106 valence electrons. The summed E-state index contributed by atoms with van der Waals surface area (Å²) in [5, 5.41) is 0.535. The standard InChI is InChI=1S/C16H18ClFN2/c1-11-4-2-3-5-12(11)9-15(20-19)10-13-8-14(17)6-7-16(13)18/h2-8,15,20H,9-10,19H2,1H3. The minimum Gasteiger partial charge on any atom is -0.271 e. The molecule has 1 unspecified atom stereocenters. The van der Waals surface area contributed by atoms with Crippen molar-refractivity contribution in [3.8, 4) is 0 Å². The summed E-state index contributed by atoms with van der Waals surface area (Å²) >= 11 is 5.91. The van der Waals surface area contributed by atoms with Gasteiger partial charge in [0.15, 0.2) is 0 Å². The third-order valence-corrected chi connectivity index (χ3v) is 3.67. The fourth-order valence-electron chi connectivity index (χ4n) is 2.26. The first-order valence-electron chi connectivity index (χ1n) is 6.54. The molecule has 2 aromatic rings. The quantitative estimate of drug-likeness (QED) is 0.655. The predicted octanol–water partition coefficient (Wildman–Crippen LogP) is 3.40. The second-order valence-corrected chi connectivity index (χ2v) is 5.37. The van der Waals surface area contributed by atoms with E-state index in [1.807, 2.05) is 12.1 Å². The highest BCUT2D eigenvalue weighted by Gasteiger charge is 2.13. The van der Waals surface area contributed by atoms with Gasteiger partial charge >= 0.3 is 0 Å². The van der Waals surface area contributed by atoms with Gasteiger partial charge in [0.1, 0.15) is 5.82 Å². The summed E-state index contributed by atoms with van der Waals surface area (Å²) < 4.78 is 13.8. The van der Waals surface area contributed by atoms with Crippen molar-refractivity contribution in [3.63, 3.8) is 0 Å². The Morgan fingerprint density at radius 1 is 1.15 bits per heavy atom. The highest BCUT2D eigenvalue weighted by molar-refractivity contribution is 6.30. The van der Waals surface area contributed by atoms with Gasteiger partial charge in [0.25, 0.3) is 0 Å². The molecule has 0 spiro atoms. The summed E-state index contributed by atoms with van der Waals surface area (Å²) in [7, 11) is 0. The van der Waals surface area contributed by atoms with Crippen LogP contribution in [0.1, 0.15) is 16.7 Å². The van der Waals surface area contributed by atoms with Crippen LogP contribution >= 0.6 is 11.6 Å². The summed E-state index contributed by atoms with van der Waals surface area (Å²) in [5.41, 5.74) is 5.76. The zero-order valence-corrected chi connectivity index (χ0v) is 12.1. The number of benzene rings is 2.